The van der Waals surface area contributed by atoms with Gasteiger partial charge in [0.2, 0.25) is 17.7 Å². The van der Waals surface area contributed by atoms with E-state index in [1.807, 2.05) is 0 Å². The quantitative estimate of drug-likeness (QED) is 0.0446. The van der Waals surface area contributed by atoms with Gasteiger partial charge in [0, 0.05) is 13.1 Å². The SMILES string of the molecule is NC(N)=NCCCC(NC(=O)C(N)CO)C(=O)NC(CCCN=C(N)N)C(=O)NC(CC(=O)O)C(=O)O. The molecule has 0 aromatic heterocycles. The van der Waals surface area contributed by atoms with Crippen LogP contribution < -0.4 is 44.6 Å². The summed E-state index contributed by atoms with van der Waals surface area (Å²) in [5.74, 6) is -6.11. The molecule has 210 valence electrons. The average molecular weight is 533 g/mol. The van der Waals surface area contributed by atoms with Gasteiger partial charge in [-0.3, -0.25) is 29.2 Å². The molecular formula is C19H36N10O8. The van der Waals surface area contributed by atoms with E-state index in [2.05, 4.69) is 25.9 Å². The summed E-state index contributed by atoms with van der Waals surface area (Å²) in [5, 5.41) is 34.0. The summed E-state index contributed by atoms with van der Waals surface area (Å²) in [4.78, 5) is 67.8. The Bertz CT molecular complexity index is 858. The summed E-state index contributed by atoms with van der Waals surface area (Å²) in [6, 6.07) is -5.67. The Morgan fingerprint density at radius 3 is 1.46 bits per heavy atom. The Morgan fingerprint density at radius 2 is 1.11 bits per heavy atom. The van der Waals surface area contributed by atoms with Gasteiger partial charge >= 0.3 is 11.9 Å². The number of carboxylic acid groups (broad SMARTS) is 2. The van der Waals surface area contributed by atoms with Crippen molar-refractivity contribution < 1.29 is 39.3 Å². The highest BCUT2D eigenvalue weighted by Crippen LogP contribution is 2.05. The molecule has 0 spiro atoms. The van der Waals surface area contributed by atoms with Crippen molar-refractivity contribution in [2.45, 2.75) is 56.3 Å². The van der Waals surface area contributed by atoms with Crippen LogP contribution in [-0.2, 0) is 24.0 Å². The molecule has 37 heavy (non-hydrogen) atoms. The molecule has 4 atom stereocenters. The molecule has 4 unspecified atom stereocenters. The monoisotopic (exact) mass is 532 g/mol. The lowest BCUT2D eigenvalue weighted by atomic mass is 10.1. The Hall–Kier alpha value is -4.19. The van der Waals surface area contributed by atoms with Crippen LogP contribution in [0.1, 0.15) is 32.1 Å². The molecule has 3 amide bonds. The third-order valence-corrected chi connectivity index (χ3v) is 4.68. The number of aliphatic imine (C=N–C) groups is 2. The molecule has 18 nitrogen and oxygen atoms in total. The maximum atomic E-state index is 13.0. The molecule has 0 aromatic carbocycles. The summed E-state index contributed by atoms with van der Waals surface area (Å²) in [5.41, 5.74) is 26.5. The summed E-state index contributed by atoms with van der Waals surface area (Å²) in [7, 11) is 0. The molecule has 0 heterocycles. The van der Waals surface area contributed by atoms with Crippen LogP contribution in [0.2, 0.25) is 0 Å². The number of hydrogen-bond donors (Lipinski definition) is 11. The van der Waals surface area contributed by atoms with Gasteiger partial charge in [-0.15, -0.1) is 0 Å². The first-order valence-electron chi connectivity index (χ1n) is 11.1. The highest BCUT2D eigenvalue weighted by molar-refractivity contribution is 5.94. The maximum Gasteiger partial charge on any atom is 0.326 e. The van der Waals surface area contributed by atoms with Gasteiger partial charge in [0.25, 0.3) is 0 Å². The number of aliphatic carboxylic acids is 2. The Kier molecular flexibility index (Phi) is 15.3. The summed E-state index contributed by atoms with van der Waals surface area (Å²) >= 11 is 0. The molecule has 0 rings (SSSR count). The Balaban J connectivity index is 5.70. The van der Waals surface area contributed by atoms with Crippen LogP contribution in [0.25, 0.3) is 0 Å². The average Bonchev–Trinajstić information content (AvgIpc) is 2.80. The van der Waals surface area contributed by atoms with E-state index in [1.54, 1.807) is 0 Å². The van der Waals surface area contributed by atoms with Gasteiger partial charge in [-0.25, -0.2) is 4.79 Å². The number of rotatable bonds is 18. The van der Waals surface area contributed by atoms with Gasteiger partial charge in [0.15, 0.2) is 11.9 Å². The minimum atomic E-state index is -1.76. The predicted octanol–water partition coefficient (Wildman–Crippen LogP) is -5.57. The van der Waals surface area contributed by atoms with Crippen LogP contribution in [0.3, 0.4) is 0 Å². The van der Waals surface area contributed by atoms with Crippen LogP contribution in [-0.4, -0.2) is 101 Å². The number of aliphatic hydroxyl groups excluding tert-OH is 1. The zero-order valence-electron chi connectivity index (χ0n) is 20.1. The molecule has 18 heteroatoms. The van der Waals surface area contributed by atoms with E-state index in [4.69, 9.17) is 38.9 Å². The normalized spacial score (nSPS) is 13.7. The molecular weight excluding hydrogens is 496 g/mol. The first-order valence-corrected chi connectivity index (χ1v) is 11.1. The lowest BCUT2D eigenvalue weighted by molar-refractivity contribution is -0.147. The van der Waals surface area contributed by atoms with Crippen LogP contribution in [0, 0.1) is 0 Å². The van der Waals surface area contributed by atoms with Gasteiger partial charge < -0.3 is 59.9 Å². The standard InChI is InChI=1S/C19H36N10O8/c20-9(8-30)14(33)27-10(3-1-5-25-18(21)22)15(34)28-11(4-2-6-26-19(23)24)16(35)29-12(17(36)37)7-13(31)32/h9-12,30H,1-8,20H2,(H,27,33)(H,28,34)(H,29,35)(H,31,32)(H,36,37)(H4,21,22,25)(H4,23,24,26). The van der Waals surface area contributed by atoms with Crippen molar-refractivity contribution in [1.29, 1.82) is 0 Å². The number of nitrogens with two attached hydrogens (primary N) is 5. The topological polar surface area (TPSA) is 337 Å². The fourth-order valence-corrected chi connectivity index (χ4v) is 2.83. The van der Waals surface area contributed by atoms with Crippen molar-refractivity contribution in [1.82, 2.24) is 16.0 Å². The molecule has 0 bridgehead atoms. The molecule has 0 aliphatic heterocycles. The predicted molar refractivity (Wildman–Crippen MR) is 131 cm³/mol. The van der Waals surface area contributed by atoms with E-state index in [9.17, 15) is 29.1 Å². The van der Waals surface area contributed by atoms with E-state index < -0.39 is 66.9 Å². The van der Waals surface area contributed by atoms with E-state index in [0.29, 0.717) is 0 Å². The highest BCUT2D eigenvalue weighted by atomic mass is 16.4. The van der Waals surface area contributed by atoms with Crippen LogP contribution >= 0.6 is 0 Å². The van der Waals surface area contributed by atoms with E-state index >= 15 is 0 Å². The van der Waals surface area contributed by atoms with Crippen molar-refractivity contribution in [2.24, 2.45) is 38.7 Å². The van der Waals surface area contributed by atoms with Crippen LogP contribution in [0.4, 0.5) is 0 Å². The highest BCUT2D eigenvalue weighted by Gasteiger charge is 2.30. The molecule has 0 saturated heterocycles. The maximum absolute atomic E-state index is 13.0. The Morgan fingerprint density at radius 1 is 0.703 bits per heavy atom. The number of guanidine groups is 2. The van der Waals surface area contributed by atoms with Crippen molar-refractivity contribution in [3.63, 3.8) is 0 Å². The Labute approximate surface area is 212 Å². The largest absolute Gasteiger partial charge is 0.481 e. The van der Waals surface area contributed by atoms with Gasteiger partial charge in [0.1, 0.15) is 24.2 Å². The van der Waals surface area contributed by atoms with Crippen molar-refractivity contribution in [2.75, 3.05) is 19.7 Å². The number of amides is 3. The second kappa shape index (κ2) is 17.3. The fraction of sp³-hybridized carbons (Fsp3) is 0.632. The molecule has 0 aliphatic rings. The molecule has 0 radical (unpaired) electrons. The third kappa shape index (κ3) is 14.7. The molecule has 0 fully saturated rings. The minimum Gasteiger partial charge on any atom is -0.481 e. The summed E-state index contributed by atoms with van der Waals surface area (Å²) in [6.07, 6.45) is -0.571. The fourth-order valence-electron chi connectivity index (χ4n) is 2.83. The second-order valence-corrected chi connectivity index (χ2v) is 7.81. The number of carbonyl (C=O) groups is 5. The zero-order valence-corrected chi connectivity index (χ0v) is 20.1. The second-order valence-electron chi connectivity index (χ2n) is 7.81. The molecule has 0 aromatic rings. The molecule has 0 saturated carbocycles. The summed E-state index contributed by atoms with van der Waals surface area (Å²) < 4.78 is 0. The van der Waals surface area contributed by atoms with Gasteiger partial charge in [-0.05, 0) is 25.7 Å². The smallest absolute Gasteiger partial charge is 0.326 e. The number of nitrogens with one attached hydrogen (secondary N) is 3. The van der Waals surface area contributed by atoms with Crippen molar-refractivity contribution >= 4 is 41.6 Å². The first kappa shape index (κ1) is 32.8. The number of hydrogen-bond acceptors (Lipinski definition) is 9. The van der Waals surface area contributed by atoms with Crippen molar-refractivity contribution in [3.05, 3.63) is 0 Å². The summed E-state index contributed by atoms with van der Waals surface area (Å²) in [6.45, 7) is -0.500. The van der Waals surface area contributed by atoms with Gasteiger partial charge in [0.05, 0.1) is 13.0 Å². The van der Waals surface area contributed by atoms with Gasteiger partial charge in [-0.2, -0.15) is 0 Å². The first-order chi connectivity index (χ1) is 17.3. The van der Waals surface area contributed by atoms with Gasteiger partial charge in [-0.1, -0.05) is 0 Å². The number of carbonyl (C=O) groups excluding carboxylic acids is 3. The zero-order chi connectivity index (χ0) is 28.5. The van der Waals surface area contributed by atoms with Crippen LogP contribution in [0.15, 0.2) is 9.98 Å². The third-order valence-electron chi connectivity index (χ3n) is 4.68. The molecule has 0 aliphatic carbocycles. The van der Waals surface area contributed by atoms with Crippen molar-refractivity contribution in [3.8, 4) is 0 Å². The minimum absolute atomic E-state index is 0.00556. The number of carboxylic acids is 2. The number of nitrogens with zero attached hydrogens (tertiary/aromatic N) is 2. The lowest BCUT2D eigenvalue weighted by Crippen LogP contribution is -2.57. The van der Waals surface area contributed by atoms with E-state index in [-0.39, 0.29) is 50.7 Å². The lowest BCUT2D eigenvalue weighted by Gasteiger charge is -2.25. The molecule has 16 N–H and O–H groups in total. The van der Waals surface area contributed by atoms with E-state index in [1.165, 1.54) is 0 Å². The van der Waals surface area contributed by atoms with E-state index in [0.717, 1.165) is 0 Å². The van der Waals surface area contributed by atoms with Crippen LogP contribution in [0.5, 0.6) is 0 Å². The number of aliphatic hydroxyl groups is 1.